The van der Waals surface area contributed by atoms with Crippen LogP contribution in [0.2, 0.25) is 5.02 Å². The molecule has 0 fully saturated rings. The predicted octanol–water partition coefficient (Wildman–Crippen LogP) is 4.62. The maximum atomic E-state index is 12.9. The quantitative estimate of drug-likeness (QED) is 0.830. The largest absolute Gasteiger partial charge is 0.348 e. The van der Waals surface area contributed by atoms with Gasteiger partial charge in [0.05, 0.1) is 0 Å². The molecule has 0 saturated heterocycles. The summed E-state index contributed by atoms with van der Waals surface area (Å²) in [5.74, 6) is -0.239. The monoisotopic (exact) mass is 322 g/mol. The van der Waals surface area contributed by atoms with Crippen LogP contribution in [0, 0.1) is 12.7 Å². The highest BCUT2D eigenvalue weighted by atomic mass is 35.5. The lowest BCUT2D eigenvalue weighted by Gasteiger charge is -2.22. The number of rotatable bonds is 3. The zero-order chi connectivity index (χ0) is 15.4. The number of benzene rings is 2. The molecule has 0 heterocycles. The first-order chi connectivity index (χ1) is 9.97. The number of halogens is 2. The second-order valence-corrected chi connectivity index (χ2v) is 5.62. The van der Waals surface area contributed by atoms with E-state index in [1.807, 2.05) is 37.1 Å². The maximum Gasteiger partial charge on any atom is 0.173 e. The van der Waals surface area contributed by atoms with Crippen molar-refractivity contribution in [1.29, 1.82) is 0 Å². The molecular weight excluding hydrogens is 307 g/mol. The molecule has 2 rings (SSSR count). The third kappa shape index (κ3) is 4.16. The van der Waals surface area contributed by atoms with Crippen LogP contribution in [0.25, 0.3) is 0 Å². The Hall–Kier alpha value is -1.65. The number of hydrogen-bond acceptors (Lipinski definition) is 1. The average molecular weight is 323 g/mol. The number of anilines is 1. The third-order valence-electron chi connectivity index (χ3n) is 3.19. The Morgan fingerprint density at radius 1 is 1.24 bits per heavy atom. The third-order valence-corrected chi connectivity index (χ3v) is 4.01. The van der Waals surface area contributed by atoms with Gasteiger partial charge in [0.15, 0.2) is 5.11 Å². The Morgan fingerprint density at radius 2 is 1.90 bits per heavy atom. The molecule has 2 aromatic rings. The molecule has 0 aliphatic rings. The Bertz CT molecular complexity index is 643. The molecule has 0 aliphatic carbocycles. The molecule has 0 saturated carbocycles. The van der Waals surface area contributed by atoms with Crippen LogP contribution in [-0.2, 0) is 6.54 Å². The van der Waals surface area contributed by atoms with E-state index in [0.29, 0.717) is 16.7 Å². The van der Waals surface area contributed by atoms with Gasteiger partial charge in [-0.25, -0.2) is 4.39 Å². The first-order valence-electron chi connectivity index (χ1n) is 6.49. The summed E-state index contributed by atoms with van der Waals surface area (Å²) >= 11 is 11.5. The van der Waals surface area contributed by atoms with Gasteiger partial charge in [-0.1, -0.05) is 29.8 Å². The Balaban J connectivity index is 2.02. The fourth-order valence-corrected chi connectivity index (χ4v) is 2.24. The lowest BCUT2D eigenvalue weighted by atomic mass is 10.2. The highest BCUT2D eigenvalue weighted by Gasteiger charge is 2.08. The van der Waals surface area contributed by atoms with E-state index in [1.165, 1.54) is 12.1 Å². The molecule has 0 radical (unpaired) electrons. The van der Waals surface area contributed by atoms with Gasteiger partial charge in [0, 0.05) is 24.3 Å². The molecule has 110 valence electrons. The first kappa shape index (κ1) is 15.7. The van der Waals surface area contributed by atoms with E-state index in [0.717, 1.165) is 16.8 Å². The number of thiocarbonyl (C=S) groups is 1. The van der Waals surface area contributed by atoms with E-state index in [9.17, 15) is 4.39 Å². The van der Waals surface area contributed by atoms with Crippen LogP contribution in [0.5, 0.6) is 0 Å². The summed E-state index contributed by atoms with van der Waals surface area (Å²) in [4.78, 5) is 1.89. The second-order valence-electron chi connectivity index (χ2n) is 4.83. The summed E-state index contributed by atoms with van der Waals surface area (Å²) in [6.45, 7) is 2.54. The number of nitrogens with one attached hydrogen (secondary N) is 1. The predicted molar refractivity (Wildman–Crippen MR) is 90.3 cm³/mol. The molecule has 2 nitrogen and oxygen atoms in total. The van der Waals surface area contributed by atoms with Crippen molar-refractivity contribution in [3.05, 3.63) is 64.4 Å². The molecular formula is C16H16ClFN2S. The molecule has 0 atom stereocenters. The molecule has 5 heteroatoms. The van der Waals surface area contributed by atoms with E-state index >= 15 is 0 Å². The molecule has 0 amide bonds. The van der Waals surface area contributed by atoms with E-state index < -0.39 is 0 Å². The lowest BCUT2D eigenvalue weighted by molar-refractivity contribution is 0.507. The van der Waals surface area contributed by atoms with Crippen LogP contribution in [-0.4, -0.2) is 17.1 Å². The zero-order valence-electron chi connectivity index (χ0n) is 11.9. The number of hydrogen-bond donors (Lipinski definition) is 1. The van der Waals surface area contributed by atoms with Gasteiger partial charge < -0.3 is 10.2 Å². The highest BCUT2D eigenvalue weighted by molar-refractivity contribution is 7.80. The minimum absolute atomic E-state index is 0.239. The Morgan fingerprint density at radius 3 is 2.57 bits per heavy atom. The molecule has 0 unspecified atom stereocenters. The van der Waals surface area contributed by atoms with E-state index in [1.54, 1.807) is 12.1 Å². The molecule has 2 aromatic carbocycles. The summed E-state index contributed by atoms with van der Waals surface area (Å²) in [5, 5.41) is 4.47. The Kier molecular flexibility index (Phi) is 5.15. The van der Waals surface area contributed by atoms with Gasteiger partial charge in [0.25, 0.3) is 0 Å². The fourth-order valence-electron chi connectivity index (χ4n) is 1.89. The fraction of sp³-hybridized carbons (Fsp3) is 0.188. The van der Waals surface area contributed by atoms with Crippen LogP contribution in [0.3, 0.4) is 0 Å². The van der Waals surface area contributed by atoms with Crippen molar-refractivity contribution in [1.82, 2.24) is 4.90 Å². The minimum atomic E-state index is -0.239. The van der Waals surface area contributed by atoms with Gasteiger partial charge in [-0.15, -0.1) is 0 Å². The molecule has 21 heavy (non-hydrogen) atoms. The number of nitrogens with zero attached hydrogens (tertiary/aromatic N) is 1. The van der Waals surface area contributed by atoms with Crippen molar-refractivity contribution in [2.75, 3.05) is 12.4 Å². The van der Waals surface area contributed by atoms with E-state index in [2.05, 4.69) is 5.32 Å². The SMILES string of the molecule is Cc1c(Cl)cccc1NC(=S)N(C)Cc1ccc(F)cc1. The van der Waals surface area contributed by atoms with Crippen LogP contribution in [0.4, 0.5) is 10.1 Å². The smallest absolute Gasteiger partial charge is 0.173 e. The zero-order valence-corrected chi connectivity index (χ0v) is 13.4. The normalized spacial score (nSPS) is 10.3. The van der Waals surface area contributed by atoms with E-state index in [4.69, 9.17) is 23.8 Å². The van der Waals surface area contributed by atoms with Gasteiger partial charge in [-0.3, -0.25) is 0 Å². The summed E-state index contributed by atoms with van der Waals surface area (Å²) in [7, 11) is 1.89. The van der Waals surface area contributed by atoms with Crippen LogP contribution in [0.1, 0.15) is 11.1 Å². The van der Waals surface area contributed by atoms with Gasteiger partial charge in [0.1, 0.15) is 5.82 Å². The molecule has 0 spiro atoms. The molecule has 0 aliphatic heterocycles. The van der Waals surface area contributed by atoms with Crippen molar-refractivity contribution in [3.63, 3.8) is 0 Å². The highest BCUT2D eigenvalue weighted by Crippen LogP contribution is 2.23. The standard InChI is InChI=1S/C16H16ClFN2S/c1-11-14(17)4-3-5-15(11)19-16(21)20(2)10-12-6-8-13(18)9-7-12/h3-9H,10H2,1-2H3,(H,19,21). The maximum absolute atomic E-state index is 12.9. The summed E-state index contributed by atoms with van der Waals surface area (Å²) in [6.07, 6.45) is 0. The lowest BCUT2D eigenvalue weighted by Crippen LogP contribution is -2.30. The Labute approximate surface area is 134 Å². The minimum Gasteiger partial charge on any atom is -0.348 e. The first-order valence-corrected chi connectivity index (χ1v) is 7.27. The van der Waals surface area contributed by atoms with Gasteiger partial charge in [-0.2, -0.15) is 0 Å². The topological polar surface area (TPSA) is 15.3 Å². The van der Waals surface area contributed by atoms with Crippen LogP contribution >= 0.6 is 23.8 Å². The van der Waals surface area contributed by atoms with Crippen LogP contribution < -0.4 is 5.32 Å². The van der Waals surface area contributed by atoms with Crippen molar-refractivity contribution in [2.45, 2.75) is 13.5 Å². The van der Waals surface area contributed by atoms with Gasteiger partial charge >= 0.3 is 0 Å². The molecule has 0 bridgehead atoms. The summed E-state index contributed by atoms with van der Waals surface area (Å²) in [6, 6.07) is 12.0. The average Bonchev–Trinajstić information content (AvgIpc) is 2.46. The summed E-state index contributed by atoms with van der Waals surface area (Å²) < 4.78 is 12.9. The second kappa shape index (κ2) is 6.87. The van der Waals surface area contributed by atoms with E-state index in [-0.39, 0.29) is 5.82 Å². The summed E-state index contributed by atoms with van der Waals surface area (Å²) in [5.41, 5.74) is 2.83. The van der Waals surface area contributed by atoms with Crippen molar-refractivity contribution >= 4 is 34.6 Å². The van der Waals surface area contributed by atoms with Crippen LogP contribution in [0.15, 0.2) is 42.5 Å². The van der Waals surface area contributed by atoms with Crippen molar-refractivity contribution in [3.8, 4) is 0 Å². The van der Waals surface area contributed by atoms with Crippen molar-refractivity contribution in [2.24, 2.45) is 0 Å². The molecule has 0 aromatic heterocycles. The van der Waals surface area contributed by atoms with Gasteiger partial charge in [0.2, 0.25) is 0 Å². The van der Waals surface area contributed by atoms with Crippen molar-refractivity contribution < 1.29 is 4.39 Å². The van der Waals surface area contributed by atoms with Gasteiger partial charge in [-0.05, 0) is 54.5 Å². The molecule has 1 N–H and O–H groups in total.